The second kappa shape index (κ2) is 4.88. The van der Waals surface area contributed by atoms with Gasteiger partial charge < -0.3 is 5.11 Å². The summed E-state index contributed by atoms with van der Waals surface area (Å²) in [4.78, 5) is 13.9. The monoisotopic (exact) mass is 273 g/mol. The molecular weight excluding hydrogens is 250 g/mol. The second-order valence-corrected chi connectivity index (χ2v) is 6.70. The Bertz CT molecular complexity index is 540. The number of fused-ring (bicyclic) bond motifs is 1. The highest BCUT2D eigenvalue weighted by atomic mass is 16.4. The summed E-state index contributed by atoms with van der Waals surface area (Å²) in [5.74, 6) is -0.648. The van der Waals surface area contributed by atoms with Gasteiger partial charge in [0.05, 0.1) is 5.41 Å². The Morgan fingerprint density at radius 2 is 2.25 bits per heavy atom. The van der Waals surface area contributed by atoms with Crippen LogP contribution in [-0.2, 0) is 11.2 Å². The van der Waals surface area contributed by atoms with E-state index in [2.05, 4.69) is 30.0 Å². The van der Waals surface area contributed by atoms with Gasteiger partial charge in [-0.25, -0.2) is 0 Å². The lowest BCUT2D eigenvalue weighted by atomic mass is 9.81. The van der Waals surface area contributed by atoms with Crippen LogP contribution in [0, 0.1) is 12.3 Å². The average molecular weight is 273 g/mol. The molecule has 0 spiro atoms. The number of aliphatic carboxylic acids is 1. The molecule has 108 valence electrons. The fraction of sp³-hybridized carbons (Fsp3) is 0.588. The van der Waals surface area contributed by atoms with Crippen molar-refractivity contribution < 1.29 is 9.90 Å². The molecule has 1 N–H and O–H groups in total. The van der Waals surface area contributed by atoms with Crippen molar-refractivity contribution >= 4 is 5.97 Å². The number of carboxylic acid groups (broad SMARTS) is 1. The minimum atomic E-state index is -0.648. The first-order valence-electron chi connectivity index (χ1n) is 7.56. The van der Waals surface area contributed by atoms with Crippen LogP contribution in [0.25, 0.3) is 0 Å². The van der Waals surface area contributed by atoms with Gasteiger partial charge in [-0.2, -0.15) is 0 Å². The fourth-order valence-corrected chi connectivity index (χ4v) is 3.80. The van der Waals surface area contributed by atoms with Gasteiger partial charge in [0.15, 0.2) is 0 Å². The van der Waals surface area contributed by atoms with Gasteiger partial charge >= 0.3 is 5.97 Å². The Morgan fingerprint density at radius 1 is 1.45 bits per heavy atom. The summed E-state index contributed by atoms with van der Waals surface area (Å²) in [5.41, 5.74) is 3.60. The van der Waals surface area contributed by atoms with E-state index in [1.807, 2.05) is 6.92 Å². The van der Waals surface area contributed by atoms with Crippen molar-refractivity contribution in [2.45, 2.75) is 45.6 Å². The third-order valence-corrected chi connectivity index (χ3v) is 5.03. The lowest BCUT2D eigenvalue weighted by Gasteiger charge is -2.41. The van der Waals surface area contributed by atoms with E-state index in [9.17, 15) is 9.90 Å². The van der Waals surface area contributed by atoms with E-state index in [0.29, 0.717) is 12.6 Å². The number of likely N-dealkylation sites (tertiary alicyclic amines) is 1. The van der Waals surface area contributed by atoms with Gasteiger partial charge in [0.2, 0.25) is 0 Å². The van der Waals surface area contributed by atoms with E-state index >= 15 is 0 Å². The zero-order chi connectivity index (χ0) is 14.3. The molecular formula is C17H23NO2. The van der Waals surface area contributed by atoms with Gasteiger partial charge in [0.25, 0.3) is 0 Å². The normalized spacial score (nSPS) is 30.2. The molecule has 3 heteroatoms. The zero-order valence-corrected chi connectivity index (χ0v) is 12.4. The molecule has 3 nitrogen and oxygen atoms in total. The van der Waals surface area contributed by atoms with Crippen LogP contribution in [0.15, 0.2) is 18.2 Å². The molecule has 1 aromatic rings. The van der Waals surface area contributed by atoms with Gasteiger partial charge in [-0.05, 0) is 57.2 Å². The van der Waals surface area contributed by atoms with Crippen molar-refractivity contribution in [2.24, 2.45) is 5.41 Å². The fourth-order valence-electron chi connectivity index (χ4n) is 3.80. The second-order valence-electron chi connectivity index (χ2n) is 6.70. The summed E-state index contributed by atoms with van der Waals surface area (Å²) in [6.07, 6.45) is 4.04. The molecule has 1 heterocycles. The number of carbonyl (C=O) groups is 1. The molecule has 1 fully saturated rings. The highest BCUT2D eigenvalue weighted by Gasteiger charge is 2.41. The minimum Gasteiger partial charge on any atom is -0.481 e. The summed E-state index contributed by atoms with van der Waals surface area (Å²) in [6, 6.07) is 7.13. The van der Waals surface area contributed by atoms with Crippen molar-refractivity contribution in [1.29, 1.82) is 0 Å². The lowest BCUT2D eigenvalue weighted by Crippen LogP contribution is -2.47. The minimum absolute atomic E-state index is 0.420. The number of carboxylic acids is 1. The number of nitrogens with zero attached hydrogens (tertiary/aromatic N) is 1. The highest BCUT2D eigenvalue weighted by molar-refractivity contribution is 5.74. The van der Waals surface area contributed by atoms with Crippen LogP contribution in [0.1, 0.15) is 48.9 Å². The first kappa shape index (κ1) is 13.6. The van der Waals surface area contributed by atoms with Crippen LogP contribution in [0.2, 0.25) is 0 Å². The summed E-state index contributed by atoms with van der Waals surface area (Å²) >= 11 is 0. The Balaban J connectivity index is 1.85. The SMILES string of the molecule is Cc1ccc2c(c1)C(N1CCCC(C)(C(=O)O)C1)CC2. The molecule has 1 aliphatic heterocycles. The largest absolute Gasteiger partial charge is 0.481 e. The van der Waals surface area contributed by atoms with Crippen LogP contribution in [0.4, 0.5) is 0 Å². The van der Waals surface area contributed by atoms with Crippen LogP contribution < -0.4 is 0 Å². The van der Waals surface area contributed by atoms with Crippen molar-refractivity contribution in [3.05, 3.63) is 34.9 Å². The summed E-state index contributed by atoms with van der Waals surface area (Å²) in [6.45, 7) is 5.74. The standard InChI is InChI=1S/C17H23NO2/c1-12-4-5-13-6-7-15(14(13)10-12)18-9-3-8-17(2,11-18)16(19)20/h4-5,10,15H,3,6-9,11H2,1-2H3,(H,19,20). The zero-order valence-electron chi connectivity index (χ0n) is 12.4. The smallest absolute Gasteiger partial charge is 0.310 e. The van der Waals surface area contributed by atoms with E-state index in [1.54, 1.807) is 0 Å². The molecule has 0 radical (unpaired) electrons. The third-order valence-electron chi connectivity index (χ3n) is 5.03. The first-order valence-corrected chi connectivity index (χ1v) is 7.56. The number of aryl methyl sites for hydroxylation is 2. The van der Waals surface area contributed by atoms with E-state index in [4.69, 9.17) is 0 Å². The van der Waals surface area contributed by atoms with E-state index in [-0.39, 0.29) is 0 Å². The van der Waals surface area contributed by atoms with Gasteiger partial charge in [-0.1, -0.05) is 23.8 Å². The maximum Gasteiger partial charge on any atom is 0.310 e. The van der Waals surface area contributed by atoms with Crippen LogP contribution in [0.3, 0.4) is 0 Å². The highest BCUT2D eigenvalue weighted by Crippen LogP contribution is 2.41. The topological polar surface area (TPSA) is 40.5 Å². The van der Waals surface area contributed by atoms with Crippen molar-refractivity contribution in [3.8, 4) is 0 Å². The molecule has 0 bridgehead atoms. The molecule has 0 aromatic heterocycles. The Labute approximate surface area is 120 Å². The van der Waals surface area contributed by atoms with Crippen molar-refractivity contribution in [1.82, 2.24) is 4.90 Å². The molecule has 2 unspecified atom stereocenters. The molecule has 2 atom stereocenters. The first-order chi connectivity index (χ1) is 9.49. The van der Waals surface area contributed by atoms with E-state index < -0.39 is 11.4 Å². The number of hydrogen-bond donors (Lipinski definition) is 1. The number of piperidine rings is 1. The average Bonchev–Trinajstić information content (AvgIpc) is 2.81. The Morgan fingerprint density at radius 3 is 3.00 bits per heavy atom. The van der Waals surface area contributed by atoms with E-state index in [0.717, 1.165) is 32.2 Å². The number of benzene rings is 1. The summed E-state index contributed by atoms with van der Waals surface area (Å²) < 4.78 is 0. The number of rotatable bonds is 2. The molecule has 3 rings (SSSR count). The Kier molecular flexibility index (Phi) is 3.33. The molecule has 0 amide bonds. The quantitative estimate of drug-likeness (QED) is 0.899. The van der Waals surface area contributed by atoms with Crippen molar-refractivity contribution in [2.75, 3.05) is 13.1 Å². The van der Waals surface area contributed by atoms with Gasteiger partial charge in [0.1, 0.15) is 0 Å². The van der Waals surface area contributed by atoms with Gasteiger partial charge in [-0.3, -0.25) is 9.69 Å². The van der Waals surface area contributed by atoms with Crippen LogP contribution >= 0.6 is 0 Å². The summed E-state index contributed by atoms with van der Waals surface area (Å²) in [7, 11) is 0. The molecule has 0 saturated carbocycles. The third kappa shape index (κ3) is 2.24. The predicted molar refractivity (Wildman–Crippen MR) is 78.8 cm³/mol. The van der Waals surface area contributed by atoms with Crippen LogP contribution in [0.5, 0.6) is 0 Å². The van der Waals surface area contributed by atoms with Gasteiger partial charge in [-0.15, -0.1) is 0 Å². The van der Waals surface area contributed by atoms with Gasteiger partial charge in [0, 0.05) is 12.6 Å². The maximum atomic E-state index is 11.5. The maximum absolute atomic E-state index is 11.5. The summed E-state index contributed by atoms with van der Waals surface area (Å²) in [5, 5.41) is 9.47. The molecule has 1 aliphatic carbocycles. The molecule has 1 saturated heterocycles. The number of hydrogen-bond acceptors (Lipinski definition) is 2. The molecule has 20 heavy (non-hydrogen) atoms. The predicted octanol–water partition coefficient (Wildman–Crippen LogP) is 3.17. The molecule has 2 aliphatic rings. The van der Waals surface area contributed by atoms with Crippen molar-refractivity contribution in [3.63, 3.8) is 0 Å². The molecule has 1 aromatic carbocycles. The lowest BCUT2D eigenvalue weighted by molar-refractivity contribution is -0.151. The van der Waals surface area contributed by atoms with E-state index in [1.165, 1.54) is 16.7 Å². The van der Waals surface area contributed by atoms with Crippen LogP contribution in [-0.4, -0.2) is 29.1 Å². The Hall–Kier alpha value is -1.35.